The first-order valence-electron chi connectivity index (χ1n) is 19.9. The average Bonchev–Trinajstić information content (AvgIpc) is 3.75. The van der Waals surface area contributed by atoms with Gasteiger partial charge in [-0.3, -0.25) is 0 Å². The molecule has 3 heteroatoms. The molecule has 276 valence electrons. The normalized spacial score (nSPS) is 17.0. The van der Waals surface area contributed by atoms with Crippen LogP contribution in [0, 0.1) is 13.8 Å². The number of fused-ring (bicyclic) bond motifs is 3. The van der Waals surface area contributed by atoms with Crippen molar-refractivity contribution in [2.24, 2.45) is 0 Å². The Morgan fingerprint density at radius 2 is 0.942 bits per heavy atom. The van der Waals surface area contributed by atoms with E-state index in [1.165, 1.54) is 66.8 Å². The fourth-order valence-corrected chi connectivity index (χ4v) is 40.2. The van der Waals surface area contributed by atoms with E-state index in [0.717, 1.165) is 33.9 Å². The Morgan fingerprint density at radius 3 is 1.27 bits per heavy atom. The van der Waals surface area contributed by atoms with E-state index in [2.05, 4.69) is 166 Å². The molecule has 0 fully saturated rings. The molecule has 6 rings (SSSR count). The van der Waals surface area contributed by atoms with Crippen LogP contribution in [-0.4, -0.2) is 4.21 Å². The van der Waals surface area contributed by atoms with Crippen molar-refractivity contribution in [3.05, 3.63) is 130 Å². The Hall–Kier alpha value is -2.31. The van der Waals surface area contributed by atoms with Gasteiger partial charge in [-0.05, 0) is 0 Å². The van der Waals surface area contributed by atoms with Crippen molar-refractivity contribution < 1.29 is 12.9 Å². The summed E-state index contributed by atoms with van der Waals surface area (Å²) < 4.78 is 6.70. The zero-order valence-corrected chi connectivity index (χ0v) is 37.6. The first kappa shape index (κ1) is 39.4. The van der Waals surface area contributed by atoms with E-state index in [1.54, 1.807) is 0 Å². The van der Waals surface area contributed by atoms with Gasteiger partial charge in [-0.25, -0.2) is 0 Å². The number of halogens is 2. The van der Waals surface area contributed by atoms with Crippen LogP contribution in [0.15, 0.2) is 97.1 Å². The zero-order valence-electron chi connectivity index (χ0n) is 33.6. The second kappa shape index (κ2) is 12.4. The second-order valence-corrected chi connectivity index (χ2v) is 60.1. The van der Waals surface area contributed by atoms with E-state index < -0.39 is 12.9 Å². The van der Waals surface area contributed by atoms with Gasteiger partial charge < -0.3 is 0 Å². The molecule has 0 heterocycles. The van der Waals surface area contributed by atoms with Crippen molar-refractivity contribution in [1.29, 1.82) is 0 Å². The van der Waals surface area contributed by atoms with Gasteiger partial charge in [-0.15, -0.1) is 0 Å². The molecule has 0 spiro atoms. The summed E-state index contributed by atoms with van der Waals surface area (Å²) in [6.07, 6.45) is 12.9. The van der Waals surface area contributed by atoms with Gasteiger partial charge in [0.25, 0.3) is 0 Å². The van der Waals surface area contributed by atoms with Gasteiger partial charge in [-0.2, -0.15) is 0 Å². The number of unbranched alkanes of at least 4 members (excludes halogenated alkanes) is 2. The molecule has 0 saturated heterocycles. The summed E-state index contributed by atoms with van der Waals surface area (Å²) in [7, 11) is 18.4. The third-order valence-corrected chi connectivity index (χ3v) is 46.2. The van der Waals surface area contributed by atoms with Crippen LogP contribution in [-0.2, 0) is 23.8 Å². The van der Waals surface area contributed by atoms with Gasteiger partial charge in [0.1, 0.15) is 0 Å². The summed E-state index contributed by atoms with van der Waals surface area (Å²) in [5.41, 5.74) is 15.1. The number of allylic oxidation sites excluding steroid dienone is 4. The maximum atomic E-state index is 9.18. The minimum atomic E-state index is -6.44. The Labute approximate surface area is 316 Å². The van der Waals surface area contributed by atoms with Crippen LogP contribution in [0.1, 0.15) is 118 Å². The SMILES string of the molecule is [CH2]=[Zr]([Cl])([Cl])([CH2]CCC)([CH2]CCC)([CH]1C=CC=C1)[CH]1c2cc(-c3ccc(C)cc3)c(C(C)(C)C)cc2-c2cc(C(C)(C)C)c(-c3ccc(C)cc3)cc21. The molecule has 0 saturated carbocycles. The second-order valence-electron chi connectivity index (χ2n) is 19.6. The van der Waals surface area contributed by atoms with Crippen LogP contribution in [0.25, 0.3) is 33.4 Å². The summed E-state index contributed by atoms with van der Waals surface area (Å²) in [6, 6.07) is 28.1. The minimum absolute atomic E-state index is 0.0954. The van der Waals surface area contributed by atoms with E-state index in [1.807, 2.05) is 0 Å². The number of hydrogen-bond donors (Lipinski definition) is 0. The van der Waals surface area contributed by atoms with Crippen LogP contribution >= 0.6 is 17.0 Å². The van der Waals surface area contributed by atoms with Gasteiger partial charge in [0.2, 0.25) is 0 Å². The van der Waals surface area contributed by atoms with Crippen LogP contribution in [0.2, 0.25) is 11.9 Å². The fourth-order valence-electron chi connectivity index (χ4n) is 10.2. The molecule has 0 bridgehead atoms. The van der Waals surface area contributed by atoms with Gasteiger partial charge >= 0.3 is 319 Å². The summed E-state index contributed by atoms with van der Waals surface area (Å²) >= 11 is -6.44. The summed E-state index contributed by atoms with van der Waals surface area (Å²) in [4.78, 5) is 0. The van der Waals surface area contributed by atoms with E-state index in [4.69, 9.17) is 4.21 Å². The standard InChI is InChI=1S/C35H37.C5H5.2C4H9.CH2.2ClH.Zr/c1-22-9-13-24(14-10-22)30-18-26-17-27-19-31(25-15-11-23(2)12-16-25)33(35(6,7)8)21-29(27)28(26)20-32(30)34(3,4)5;1-2-4-5-3-1;2*1-3-4-2;;;;/h9-21H,1-8H3;1-5H;2*1,3-4H2,2H3;1H2;2*1H;/q;;;;;;;+2/p-2. The average molecular weight is 813 g/mol. The molecule has 0 radical (unpaired) electrons. The number of hydrogen-bond acceptors (Lipinski definition) is 0. The van der Waals surface area contributed by atoms with Crippen molar-refractivity contribution in [2.75, 3.05) is 0 Å². The van der Waals surface area contributed by atoms with Crippen molar-refractivity contribution in [3.8, 4) is 33.4 Å². The van der Waals surface area contributed by atoms with Crippen LogP contribution in [0.5, 0.6) is 0 Å². The van der Waals surface area contributed by atoms with E-state index in [0.29, 0.717) is 0 Å². The van der Waals surface area contributed by atoms with Crippen molar-refractivity contribution >= 4 is 21.2 Å². The summed E-state index contributed by atoms with van der Waals surface area (Å²) in [5.74, 6) is 0. The zero-order chi connectivity index (χ0) is 38.0. The molecule has 0 amide bonds. The predicted octanol–water partition coefficient (Wildman–Crippen LogP) is 16.2. The predicted molar refractivity (Wildman–Crippen MR) is 232 cm³/mol. The Bertz CT molecular complexity index is 2080. The van der Waals surface area contributed by atoms with Crippen LogP contribution in [0.3, 0.4) is 0 Å². The molecule has 0 aromatic heterocycles. The molecule has 0 unspecified atom stereocenters. The van der Waals surface area contributed by atoms with E-state index in [-0.39, 0.29) is 18.1 Å². The van der Waals surface area contributed by atoms with Gasteiger partial charge in [-0.1, -0.05) is 0 Å². The summed E-state index contributed by atoms with van der Waals surface area (Å²) in [6.45, 7) is 22.9. The van der Waals surface area contributed by atoms with Gasteiger partial charge in [0.15, 0.2) is 0 Å². The summed E-state index contributed by atoms with van der Waals surface area (Å²) in [5, 5.41) is 0. The molecule has 4 aromatic rings. The topological polar surface area (TPSA) is 0 Å². The molecule has 0 N–H and O–H groups in total. The number of benzene rings is 4. The monoisotopic (exact) mass is 810 g/mol. The first-order chi connectivity index (χ1) is 24.1. The van der Waals surface area contributed by atoms with Gasteiger partial charge in [0, 0.05) is 0 Å². The third kappa shape index (κ3) is 6.28. The van der Waals surface area contributed by atoms with Crippen molar-refractivity contribution in [3.63, 3.8) is 0 Å². The van der Waals surface area contributed by atoms with Crippen molar-refractivity contribution in [2.45, 2.75) is 121 Å². The Morgan fingerprint density at radius 1 is 0.577 bits per heavy atom. The maximum absolute atomic E-state index is 9.18. The number of aryl methyl sites for hydroxylation is 2. The molecular formula is C49H62Cl2Zr. The molecule has 4 aromatic carbocycles. The molecule has 52 heavy (non-hydrogen) atoms. The molecule has 2 aliphatic carbocycles. The van der Waals surface area contributed by atoms with Crippen molar-refractivity contribution in [1.82, 2.24) is 0 Å². The molecule has 0 atom stereocenters. The Kier molecular flexibility index (Phi) is 9.36. The molecule has 0 nitrogen and oxygen atoms in total. The first-order valence-corrected chi connectivity index (χ1v) is 34.3. The molecule has 2 aliphatic rings. The van der Waals surface area contributed by atoms with E-state index >= 15 is 0 Å². The van der Waals surface area contributed by atoms with Crippen LogP contribution < -0.4 is 0 Å². The quantitative estimate of drug-likeness (QED) is 0.150. The molecular weight excluding hydrogens is 751 g/mol. The van der Waals surface area contributed by atoms with Crippen LogP contribution in [0.4, 0.5) is 0 Å². The Balaban J connectivity index is 1.86. The number of rotatable bonds is 10. The third-order valence-electron chi connectivity index (χ3n) is 13.3. The fraction of sp³-hybridized carbons (Fsp3) is 0.408. The van der Waals surface area contributed by atoms with Gasteiger partial charge in [0.05, 0.1) is 0 Å². The van der Waals surface area contributed by atoms with E-state index in [9.17, 15) is 17.0 Å². The molecule has 0 aliphatic heterocycles.